The Morgan fingerprint density at radius 2 is 1.88 bits per heavy atom. The van der Waals surface area contributed by atoms with Gasteiger partial charge in [0.2, 0.25) is 5.91 Å². The van der Waals surface area contributed by atoms with E-state index in [9.17, 15) is 4.79 Å². The lowest BCUT2D eigenvalue weighted by molar-refractivity contribution is -0.132. The van der Waals surface area contributed by atoms with Gasteiger partial charge < -0.3 is 9.64 Å². The van der Waals surface area contributed by atoms with Gasteiger partial charge >= 0.3 is 0 Å². The van der Waals surface area contributed by atoms with E-state index < -0.39 is 0 Å². The first kappa shape index (κ1) is 18.7. The number of amides is 1. The molecule has 0 fully saturated rings. The summed E-state index contributed by atoms with van der Waals surface area (Å²) in [6, 6.07) is 16.0. The largest absolute Gasteiger partial charge is 0.497 e. The van der Waals surface area contributed by atoms with Crippen LogP contribution in [0.3, 0.4) is 0 Å². The Morgan fingerprint density at radius 3 is 2.54 bits per heavy atom. The van der Waals surface area contributed by atoms with Gasteiger partial charge in [-0.1, -0.05) is 35.9 Å². The zero-order valence-electron chi connectivity index (χ0n) is 15.2. The van der Waals surface area contributed by atoms with Gasteiger partial charge in [0, 0.05) is 11.4 Å². The molecule has 1 atom stereocenters. The third kappa shape index (κ3) is 4.02. The Balaban J connectivity index is 1.81. The van der Waals surface area contributed by atoms with Crippen molar-refractivity contribution in [2.45, 2.75) is 26.3 Å². The van der Waals surface area contributed by atoms with Gasteiger partial charge in [-0.15, -0.1) is 11.3 Å². The zero-order valence-corrected chi connectivity index (χ0v) is 16.7. The van der Waals surface area contributed by atoms with Crippen LogP contribution < -0.4 is 4.74 Å². The molecule has 0 aliphatic rings. The van der Waals surface area contributed by atoms with Crippen LogP contribution in [0, 0.1) is 0 Å². The maximum atomic E-state index is 13.0. The molecule has 0 aliphatic carbocycles. The van der Waals surface area contributed by atoms with E-state index in [2.05, 4.69) is 6.07 Å². The molecule has 0 aliphatic heterocycles. The van der Waals surface area contributed by atoms with Crippen molar-refractivity contribution < 1.29 is 9.53 Å². The number of thiophene rings is 1. The number of methoxy groups -OCH3 is 1. The van der Waals surface area contributed by atoms with Gasteiger partial charge in [-0.3, -0.25) is 4.79 Å². The number of benzene rings is 2. The molecule has 136 valence electrons. The lowest BCUT2D eigenvalue weighted by atomic mass is 9.96. The summed E-state index contributed by atoms with van der Waals surface area (Å²) in [6.45, 7) is 5.24. The highest BCUT2D eigenvalue weighted by Gasteiger charge is 2.22. The van der Waals surface area contributed by atoms with Gasteiger partial charge in [0.15, 0.2) is 0 Å². The summed E-state index contributed by atoms with van der Waals surface area (Å²) >= 11 is 7.53. The molecule has 0 spiro atoms. The number of nitrogens with zero attached hydrogens (tertiary/aromatic N) is 1. The molecule has 0 radical (unpaired) electrons. The van der Waals surface area contributed by atoms with Crippen LogP contribution in [-0.2, 0) is 11.3 Å². The van der Waals surface area contributed by atoms with Gasteiger partial charge in [-0.25, -0.2) is 0 Å². The second-order valence-electron chi connectivity index (χ2n) is 6.25. The van der Waals surface area contributed by atoms with Gasteiger partial charge in [-0.05, 0) is 54.4 Å². The predicted octanol–water partition coefficient (Wildman–Crippen LogP) is 5.72. The van der Waals surface area contributed by atoms with Crippen molar-refractivity contribution in [3.63, 3.8) is 0 Å². The van der Waals surface area contributed by atoms with Crippen LogP contribution in [0.5, 0.6) is 5.75 Å². The first-order valence-corrected chi connectivity index (χ1v) is 9.82. The summed E-state index contributed by atoms with van der Waals surface area (Å²) in [6.07, 6.45) is 0. The third-order valence-electron chi connectivity index (χ3n) is 4.61. The summed E-state index contributed by atoms with van der Waals surface area (Å²) in [5.41, 5.74) is 1.02. The molecule has 0 saturated heterocycles. The normalized spacial score (nSPS) is 12.2. The Hall–Kier alpha value is -2.04. The summed E-state index contributed by atoms with van der Waals surface area (Å²) in [7, 11) is 1.66. The van der Waals surface area contributed by atoms with E-state index in [1.807, 2.05) is 61.2 Å². The molecule has 0 saturated carbocycles. The van der Waals surface area contributed by atoms with Crippen molar-refractivity contribution in [2.24, 2.45) is 0 Å². The van der Waals surface area contributed by atoms with Crippen LogP contribution in [0.15, 0.2) is 48.5 Å². The van der Waals surface area contributed by atoms with Gasteiger partial charge in [0.05, 0.1) is 23.9 Å². The summed E-state index contributed by atoms with van der Waals surface area (Å²) in [5.74, 6) is 0.767. The zero-order chi connectivity index (χ0) is 18.7. The fourth-order valence-electron chi connectivity index (χ4n) is 3.03. The van der Waals surface area contributed by atoms with E-state index in [0.29, 0.717) is 13.1 Å². The van der Waals surface area contributed by atoms with E-state index in [-0.39, 0.29) is 11.8 Å². The van der Waals surface area contributed by atoms with Crippen LogP contribution in [-0.4, -0.2) is 24.5 Å². The quantitative estimate of drug-likeness (QED) is 0.541. The minimum absolute atomic E-state index is 0.130. The molecular formula is C21H22ClNO2S. The minimum Gasteiger partial charge on any atom is -0.497 e. The maximum absolute atomic E-state index is 13.0. The number of carbonyl (C=O) groups excluding carboxylic acids is 1. The third-order valence-corrected chi connectivity index (χ3v) is 5.83. The number of likely N-dealkylation sites (N-methyl/N-ethyl adjacent to an activating group) is 1. The molecule has 3 aromatic rings. The fraction of sp³-hybridized carbons (Fsp3) is 0.286. The second-order valence-corrected chi connectivity index (χ2v) is 8.05. The second kappa shape index (κ2) is 8.11. The Labute approximate surface area is 163 Å². The van der Waals surface area contributed by atoms with Crippen LogP contribution in [0.25, 0.3) is 10.8 Å². The molecule has 0 bridgehead atoms. The predicted molar refractivity (Wildman–Crippen MR) is 109 cm³/mol. The number of fused-ring (bicyclic) bond motifs is 1. The van der Waals surface area contributed by atoms with Crippen LogP contribution in [0.4, 0.5) is 0 Å². The van der Waals surface area contributed by atoms with Crippen molar-refractivity contribution in [3.05, 3.63) is 63.3 Å². The monoisotopic (exact) mass is 387 g/mol. The van der Waals surface area contributed by atoms with Crippen LogP contribution in [0.2, 0.25) is 4.34 Å². The lowest BCUT2D eigenvalue weighted by Crippen LogP contribution is -2.33. The molecular weight excluding hydrogens is 366 g/mol. The van der Waals surface area contributed by atoms with E-state index in [1.165, 1.54) is 11.3 Å². The van der Waals surface area contributed by atoms with Crippen molar-refractivity contribution >= 4 is 39.6 Å². The Bertz CT molecular complexity index is 921. The molecule has 1 amide bonds. The van der Waals surface area contributed by atoms with Crippen molar-refractivity contribution in [1.29, 1.82) is 0 Å². The van der Waals surface area contributed by atoms with E-state index in [4.69, 9.17) is 16.3 Å². The molecule has 1 aromatic heterocycles. The molecule has 0 N–H and O–H groups in total. The highest BCUT2D eigenvalue weighted by atomic mass is 35.5. The molecule has 26 heavy (non-hydrogen) atoms. The van der Waals surface area contributed by atoms with Gasteiger partial charge in [0.25, 0.3) is 0 Å². The van der Waals surface area contributed by atoms with Gasteiger partial charge in [0.1, 0.15) is 5.75 Å². The molecule has 0 unspecified atom stereocenters. The lowest BCUT2D eigenvalue weighted by Gasteiger charge is -2.24. The molecule has 2 aromatic carbocycles. The SMILES string of the molecule is CCN(Cc1ccc(Cl)s1)C(=O)[C@H](C)c1ccc2cc(OC)ccc2c1. The number of rotatable bonds is 6. The average Bonchev–Trinajstić information content (AvgIpc) is 3.08. The highest BCUT2D eigenvalue weighted by Crippen LogP contribution is 2.28. The Morgan fingerprint density at radius 1 is 1.15 bits per heavy atom. The van der Waals surface area contributed by atoms with Crippen molar-refractivity contribution in [3.8, 4) is 5.75 Å². The summed E-state index contributed by atoms with van der Waals surface area (Å²) in [5, 5.41) is 2.21. The number of hydrogen-bond acceptors (Lipinski definition) is 3. The standard InChI is InChI=1S/C21H22ClNO2S/c1-4-23(13-19-9-10-20(22)26-19)21(24)14(2)15-5-6-17-12-18(25-3)8-7-16(17)11-15/h5-12,14H,4,13H2,1-3H3/t14-/m1/s1. The fourth-order valence-corrected chi connectivity index (χ4v) is 4.13. The average molecular weight is 388 g/mol. The van der Waals surface area contributed by atoms with E-state index in [1.54, 1.807) is 7.11 Å². The number of hydrogen-bond donors (Lipinski definition) is 0. The first-order valence-electron chi connectivity index (χ1n) is 8.62. The first-order chi connectivity index (χ1) is 12.5. The number of ether oxygens (including phenoxy) is 1. The number of halogens is 1. The molecule has 1 heterocycles. The molecule has 5 heteroatoms. The van der Waals surface area contributed by atoms with E-state index >= 15 is 0 Å². The molecule has 3 rings (SSSR count). The van der Waals surface area contributed by atoms with E-state index in [0.717, 1.165) is 31.3 Å². The molecule has 3 nitrogen and oxygen atoms in total. The highest BCUT2D eigenvalue weighted by molar-refractivity contribution is 7.16. The summed E-state index contributed by atoms with van der Waals surface area (Å²) < 4.78 is 6.02. The maximum Gasteiger partial charge on any atom is 0.230 e. The van der Waals surface area contributed by atoms with Crippen molar-refractivity contribution in [2.75, 3.05) is 13.7 Å². The van der Waals surface area contributed by atoms with Gasteiger partial charge in [-0.2, -0.15) is 0 Å². The Kier molecular flexibility index (Phi) is 5.84. The van der Waals surface area contributed by atoms with Crippen molar-refractivity contribution in [1.82, 2.24) is 4.90 Å². The minimum atomic E-state index is -0.197. The summed E-state index contributed by atoms with van der Waals surface area (Å²) in [4.78, 5) is 16.0. The van der Waals surface area contributed by atoms with Crippen LogP contribution >= 0.6 is 22.9 Å². The van der Waals surface area contributed by atoms with Crippen LogP contribution in [0.1, 0.15) is 30.2 Å². The number of carbonyl (C=O) groups is 1. The smallest absolute Gasteiger partial charge is 0.230 e. The topological polar surface area (TPSA) is 29.5 Å².